The number of fused-ring (bicyclic) bond motifs is 3. The molecule has 14 nitrogen and oxygen atoms in total. The normalized spacial score (nSPS) is 37.3. The van der Waals surface area contributed by atoms with Crippen molar-refractivity contribution < 1.29 is 62.6 Å². The van der Waals surface area contributed by atoms with Crippen molar-refractivity contribution in [1.82, 2.24) is 4.90 Å². The lowest BCUT2D eigenvalue weighted by Gasteiger charge is -2.47. The van der Waals surface area contributed by atoms with Gasteiger partial charge in [0.2, 0.25) is 5.79 Å². The SMILES string of the molecule is C=CC[C@@H]1/C=C(\C)C[C@H](C)C[C@H](OC)[C@H]2O[C@@](O)(C(=O)C(=O)N3CCCC[C@H]3C(=O)O[C@H](/C(C)=C/[C@H]3CC[C@H](OCC(=O)OCCC)CC3)[C@H](C)[C@@H](O)CC1=O)[C@H](C)C[C@@H]2OC. The molecule has 3 heterocycles. The molecule has 2 saturated heterocycles. The van der Waals surface area contributed by atoms with E-state index in [0.717, 1.165) is 24.8 Å². The number of rotatable bonds is 11. The number of ether oxygens (including phenoxy) is 6. The van der Waals surface area contributed by atoms with Crippen molar-refractivity contribution in [3.8, 4) is 0 Å². The van der Waals surface area contributed by atoms with Gasteiger partial charge >= 0.3 is 11.9 Å². The molecule has 2 bridgehead atoms. The van der Waals surface area contributed by atoms with E-state index in [2.05, 4.69) is 6.58 Å². The molecule has 3 aliphatic heterocycles. The zero-order chi connectivity index (χ0) is 45.7. The molecule has 1 aliphatic carbocycles. The minimum absolute atomic E-state index is 0.00556. The average molecular weight is 874 g/mol. The summed E-state index contributed by atoms with van der Waals surface area (Å²) >= 11 is 0. The Balaban J connectivity index is 1.69. The third kappa shape index (κ3) is 13.4. The number of carbonyl (C=O) groups excluding carboxylic acids is 5. The second-order valence-corrected chi connectivity index (χ2v) is 18.4. The van der Waals surface area contributed by atoms with Crippen LogP contribution in [0, 0.1) is 29.6 Å². The van der Waals surface area contributed by atoms with Crippen molar-refractivity contribution in [2.24, 2.45) is 29.6 Å². The van der Waals surface area contributed by atoms with Gasteiger partial charge in [0.1, 0.15) is 30.6 Å². The fourth-order valence-electron chi connectivity index (χ4n) is 9.74. The number of hydrogen-bond donors (Lipinski definition) is 2. The first kappa shape index (κ1) is 51.4. The molecule has 350 valence electrons. The van der Waals surface area contributed by atoms with Gasteiger partial charge in [-0.3, -0.25) is 14.4 Å². The lowest BCUT2D eigenvalue weighted by molar-refractivity contribution is -0.302. The molecule has 4 rings (SSSR count). The van der Waals surface area contributed by atoms with Crippen molar-refractivity contribution in [1.29, 1.82) is 0 Å². The Morgan fingerprint density at radius 1 is 1.00 bits per heavy atom. The van der Waals surface area contributed by atoms with Gasteiger partial charge in [-0.2, -0.15) is 0 Å². The number of aliphatic hydroxyl groups is 2. The molecule has 0 unspecified atom stereocenters. The lowest BCUT2D eigenvalue weighted by Crippen LogP contribution is -2.64. The third-order valence-electron chi connectivity index (χ3n) is 13.4. The van der Waals surface area contributed by atoms with Crippen LogP contribution in [0.1, 0.15) is 125 Å². The average Bonchev–Trinajstić information content (AvgIpc) is 3.25. The van der Waals surface area contributed by atoms with Gasteiger partial charge in [-0.05, 0) is 108 Å². The quantitative estimate of drug-likeness (QED) is 0.140. The van der Waals surface area contributed by atoms with Crippen LogP contribution in [0.4, 0.5) is 0 Å². The lowest BCUT2D eigenvalue weighted by atomic mass is 9.82. The van der Waals surface area contributed by atoms with Crippen LogP contribution in [-0.4, -0.2) is 127 Å². The smallest absolute Gasteiger partial charge is 0.332 e. The minimum Gasteiger partial charge on any atom is -0.464 e. The maximum atomic E-state index is 14.4. The van der Waals surface area contributed by atoms with Gasteiger partial charge in [0.15, 0.2) is 0 Å². The largest absolute Gasteiger partial charge is 0.464 e. The molecular weight excluding hydrogens is 799 g/mol. The van der Waals surface area contributed by atoms with Crippen LogP contribution < -0.4 is 0 Å². The molecule has 0 radical (unpaired) electrons. The highest BCUT2D eigenvalue weighted by Crippen LogP contribution is 2.39. The van der Waals surface area contributed by atoms with E-state index in [-0.39, 0.29) is 62.1 Å². The Morgan fingerprint density at radius 2 is 1.68 bits per heavy atom. The number of nitrogens with zero attached hydrogens (tertiary/aromatic N) is 1. The highest BCUT2D eigenvalue weighted by molar-refractivity contribution is 6.39. The van der Waals surface area contributed by atoms with Gasteiger partial charge in [0, 0.05) is 44.9 Å². The number of esters is 2. The number of aliphatic hydroxyl groups excluding tert-OH is 1. The predicted molar refractivity (Wildman–Crippen MR) is 231 cm³/mol. The van der Waals surface area contributed by atoms with Crippen LogP contribution in [0.3, 0.4) is 0 Å². The third-order valence-corrected chi connectivity index (χ3v) is 13.4. The second kappa shape index (κ2) is 24.1. The van der Waals surface area contributed by atoms with Gasteiger partial charge < -0.3 is 43.5 Å². The van der Waals surface area contributed by atoms with Crippen LogP contribution >= 0.6 is 0 Å². The highest BCUT2D eigenvalue weighted by Gasteiger charge is 2.56. The zero-order valence-electron chi connectivity index (χ0n) is 38.5. The summed E-state index contributed by atoms with van der Waals surface area (Å²) in [4.78, 5) is 70.1. The maximum Gasteiger partial charge on any atom is 0.332 e. The Morgan fingerprint density at radius 3 is 2.32 bits per heavy atom. The standard InChI is InChI=1S/C48H75NO13/c1-10-14-35-23-29(3)22-30(4)24-40(57-8)44-41(58-9)26-32(6)48(56,62-44)45(53)46(54)49-20-13-12-15-37(49)47(55)61-43(33(7)38(50)27-39(35)51)31(5)25-34-16-18-36(19-17-34)60-28-42(52)59-21-11-2/h10,23,25,30,32-38,40-41,43-44,50,56H,1,11-22,24,26-28H2,2-9H3/b29-23+,31-25+/t30-,32+,33+,34-,35+,36-,37-,38-,40-,41-,43+,44+,48+/m0/s1. The van der Waals surface area contributed by atoms with Crippen molar-refractivity contribution in [3.63, 3.8) is 0 Å². The van der Waals surface area contributed by atoms with Gasteiger partial charge in [-0.15, -0.1) is 6.58 Å². The minimum atomic E-state index is -2.52. The number of ketones is 2. The fourth-order valence-corrected chi connectivity index (χ4v) is 9.74. The van der Waals surface area contributed by atoms with Crippen molar-refractivity contribution >= 4 is 29.4 Å². The summed E-state index contributed by atoms with van der Waals surface area (Å²) in [7, 11) is 3.05. The van der Waals surface area contributed by atoms with Gasteiger partial charge in [-0.25, -0.2) is 9.59 Å². The summed E-state index contributed by atoms with van der Waals surface area (Å²) in [5, 5.41) is 23.8. The number of amides is 1. The van der Waals surface area contributed by atoms with E-state index < -0.39 is 77.8 Å². The Kier molecular flexibility index (Phi) is 20.0. The Bertz CT molecular complexity index is 1600. The van der Waals surface area contributed by atoms with Crippen LogP contribution in [0.25, 0.3) is 0 Å². The van der Waals surface area contributed by atoms with Crippen molar-refractivity contribution in [2.75, 3.05) is 34.0 Å². The molecule has 11 atom stereocenters. The van der Waals surface area contributed by atoms with Crippen LogP contribution in [0.2, 0.25) is 0 Å². The Labute approximate surface area is 369 Å². The number of methoxy groups -OCH3 is 2. The molecule has 3 fully saturated rings. The fraction of sp³-hybridized carbons (Fsp3) is 0.771. The molecule has 62 heavy (non-hydrogen) atoms. The van der Waals surface area contributed by atoms with Crippen LogP contribution in [0.15, 0.2) is 36.0 Å². The number of hydrogen-bond acceptors (Lipinski definition) is 13. The van der Waals surface area contributed by atoms with Gasteiger partial charge in [-0.1, -0.05) is 51.5 Å². The summed E-state index contributed by atoms with van der Waals surface area (Å²) in [6, 6.07) is -1.14. The molecule has 0 aromatic rings. The number of Topliss-reactive ketones (excluding diaryl/α,β-unsaturated/α-hetero) is 2. The Hall–Kier alpha value is -3.27. The van der Waals surface area contributed by atoms with E-state index in [0.29, 0.717) is 57.1 Å². The first-order valence-electron chi connectivity index (χ1n) is 22.9. The number of allylic oxidation sites excluding steroid dienone is 4. The van der Waals surface area contributed by atoms with Gasteiger partial charge in [0.25, 0.3) is 11.7 Å². The summed E-state index contributed by atoms with van der Waals surface area (Å²) in [6.07, 6.45) is 7.76. The first-order valence-corrected chi connectivity index (χ1v) is 22.9. The summed E-state index contributed by atoms with van der Waals surface area (Å²) < 4.78 is 35.3. The molecule has 0 spiro atoms. The summed E-state index contributed by atoms with van der Waals surface area (Å²) in [5.41, 5.74) is 1.64. The molecule has 0 aromatic heterocycles. The molecule has 4 aliphatic rings. The van der Waals surface area contributed by atoms with E-state index >= 15 is 0 Å². The van der Waals surface area contributed by atoms with E-state index in [1.165, 1.54) is 19.1 Å². The molecule has 2 N–H and O–H groups in total. The molecule has 1 amide bonds. The number of carbonyl (C=O) groups is 5. The molecular formula is C48H75NO13. The highest BCUT2D eigenvalue weighted by atomic mass is 16.7. The molecule has 14 heteroatoms. The van der Waals surface area contributed by atoms with Crippen molar-refractivity contribution in [2.45, 2.75) is 173 Å². The molecule has 0 aromatic carbocycles. The van der Waals surface area contributed by atoms with Crippen LogP contribution in [0.5, 0.6) is 0 Å². The monoisotopic (exact) mass is 874 g/mol. The van der Waals surface area contributed by atoms with E-state index in [1.54, 1.807) is 19.9 Å². The summed E-state index contributed by atoms with van der Waals surface area (Å²) in [6.45, 7) is 15.4. The van der Waals surface area contributed by atoms with E-state index in [4.69, 9.17) is 28.4 Å². The maximum absolute atomic E-state index is 14.4. The first-order chi connectivity index (χ1) is 29.5. The predicted octanol–water partition coefficient (Wildman–Crippen LogP) is 5.99. The van der Waals surface area contributed by atoms with Crippen LogP contribution in [-0.2, 0) is 52.4 Å². The van der Waals surface area contributed by atoms with Crippen molar-refractivity contribution in [3.05, 3.63) is 36.0 Å². The van der Waals surface area contributed by atoms with E-state index in [9.17, 15) is 34.2 Å². The summed E-state index contributed by atoms with van der Waals surface area (Å²) in [5.74, 6) is -8.04. The molecule has 1 saturated carbocycles. The topological polar surface area (TPSA) is 184 Å². The zero-order valence-corrected chi connectivity index (χ0v) is 38.5. The number of piperidine rings is 1. The number of cyclic esters (lactones) is 1. The van der Waals surface area contributed by atoms with E-state index in [1.807, 2.05) is 39.8 Å². The van der Waals surface area contributed by atoms with Gasteiger partial charge in [0.05, 0.1) is 31.0 Å². The second-order valence-electron chi connectivity index (χ2n) is 18.4.